The second kappa shape index (κ2) is 44.6. The number of hydrogen-bond acceptors (Lipinski definition) is 6. The van der Waals surface area contributed by atoms with Crippen molar-refractivity contribution in [2.75, 3.05) is 40.9 Å². The van der Waals surface area contributed by atoms with Gasteiger partial charge >= 0.3 is 0 Å². The molecule has 362 valence electrons. The van der Waals surface area contributed by atoms with Crippen LogP contribution in [-0.2, 0) is 18.4 Å². The molecule has 0 radical (unpaired) electrons. The highest BCUT2D eigenvalue weighted by atomic mass is 31.2. The molecule has 63 heavy (non-hydrogen) atoms. The van der Waals surface area contributed by atoms with Crippen LogP contribution in [0.4, 0.5) is 0 Å². The van der Waals surface area contributed by atoms with E-state index >= 15 is 0 Å². The van der Waals surface area contributed by atoms with Crippen LogP contribution in [0.25, 0.3) is 0 Å². The van der Waals surface area contributed by atoms with E-state index in [0.29, 0.717) is 17.4 Å². The molecule has 0 aromatic rings. The number of carbonyl (C=O) groups is 1. The van der Waals surface area contributed by atoms with E-state index in [1.54, 1.807) is 6.08 Å². The molecule has 0 aromatic carbocycles. The van der Waals surface area contributed by atoms with Gasteiger partial charge in [-0.15, -0.1) is 0 Å². The van der Waals surface area contributed by atoms with Crippen LogP contribution in [0.1, 0.15) is 187 Å². The van der Waals surface area contributed by atoms with Crippen molar-refractivity contribution in [2.24, 2.45) is 0 Å². The Morgan fingerprint density at radius 3 is 1.48 bits per heavy atom. The number of carbonyl (C=O) groups excluding carboxylic acids is 1. The SMILES string of the molecule is CC/C=C\C/C=C\C/C=C\C/C=C\C/C=C\CCCCCC(=O)NC(COP(=O)([O-])OCC[N+](C)(C)C)C(O)/C=C/CC/C=C/CC/C=C/CCCCCCCCCCCCCC. The van der Waals surface area contributed by atoms with Crippen molar-refractivity contribution in [1.29, 1.82) is 0 Å². The maximum absolute atomic E-state index is 12.9. The average molecular weight is 899 g/mol. The molecule has 0 aromatic heterocycles. The van der Waals surface area contributed by atoms with E-state index in [0.717, 1.165) is 77.0 Å². The van der Waals surface area contributed by atoms with Gasteiger partial charge in [-0.3, -0.25) is 9.36 Å². The summed E-state index contributed by atoms with van der Waals surface area (Å²) in [5.41, 5.74) is 0. The monoisotopic (exact) mass is 899 g/mol. The molecule has 3 atom stereocenters. The third kappa shape index (κ3) is 47.2. The van der Waals surface area contributed by atoms with Gasteiger partial charge in [-0.25, -0.2) is 0 Å². The molecule has 0 aliphatic heterocycles. The summed E-state index contributed by atoms with van der Waals surface area (Å²) < 4.78 is 23.2. The number of allylic oxidation sites excluding steroid dienone is 15. The van der Waals surface area contributed by atoms with E-state index in [1.807, 2.05) is 27.2 Å². The number of unbranched alkanes of at least 4 members (excludes halogenated alkanes) is 17. The fraction of sp³-hybridized carbons (Fsp3) is 0.685. The molecular weight excluding hydrogens is 804 g/mol. The smallest absolute Gasteiger partial charge is 0.268 e. The molecule has 0 bridgehead atoms. The molecule has 0 fully saturated rings. The molecule has 0 spiro atoms. The Hall–Kier alpha value is -2.58. The van der Waals surface area contributed by atoms with Crippen molar-refractivity contribution in [3.8, 4) is 0 Å². The van der Waals surface area contributed by atoms with E-state index in [1.165, 1.54) is 83.5 Å². The summed E-state index contributed by atoms with van der Waals surface area (Å²) in [6.45, 7) is 4.46. The van der Waals surface area contributed by atoms with Crippen LogP contribution >= 0.6 is 7.82 Å². The maximum Gasteiger partial charge on any atom is 0.268 e. The molecule has 2 N–H and O–H groups in total. The lowest BCUT2D eigenvalue weighted by atomic mass is 10.0. The number of aliphatic hydroxyl groups excluding tert-OH is 1. The molecule has 0 aliphatic rings. The van der Waals surface area contributed by atoms with Crippen LogP contribution in [0.15, 0.2) is 97.2 Å². The van der Waals surface area contributed by atoms with Gasteiger partial charge in [0, 0.05) is 6.42 Å². The first kappa shape index (κ1) is 60.4. The highest BCUT2D eigenvalue weighted by molar-refractivity contribution is 7.45. The van der Waals surface area contributed by atoms with Gasteiger partial charge in [-0.2, -0.15) is 0 Å². The first-order chi connectivity index (χ1) is 30.5. The number of amides is 1. The summed E-state index contributed by atoms with van der Waals surface area (Å²) in [6.07, 6.45) is 63.3. The zero-order chi connectivity index (χ0) is 46.4. The van der Waals surface area contributed by atoms with Crippen molar-refractivity contribution in [3.63, 3.8) is 0 Å². The standard InChI is InChI=1S/C54H95N2O6P/c1-6-8-10-12-14-16-18-20-22-24-26-27-28-30-31-33-35-37-39-41-43-45-47-53(57)52(51-62-63(59,60)61-50-49-56(3,4)5)55-54(58)48-46-44-42-40-38-36-34-32-29-25-23-21-19-17-15-13-11-9-7-2/h9,11,15,17,21,23,29-32,36-39,45,47,52-53,57H,6-8,10,12-14,16,18-20,22,24-28,33-35,40-44,46,48-51H2,1-5H3,(H-,55,58,59,60)/b11-9-,17-15-,23-21-,31-30+,32-29-,38-36-,39-37+,47-45+. The summed E-state index contributed by atoms with van der Waals surface area (Å²) >= 11 is 0. The quantitative estimate of drug-likeness (QED) is 0.0273. The summed E-state index contributed by atoms with van der Waals surface area (Å²) in [4.78, 5) is 25.4. The predicted octanol–water partition coefficient (Wildman–Crippen LogP) is 14.1. The third-order valence-corrected chi connectivity index (χ3v) is 11.5. The fourth-order valence-corrected chi connectivity index (χ4v) is 7.29. The molecule has 0 saturated heterocycles. The predicted molar refractivity (Wildman–Crippen MR) is 269 cm³/mol. The molecule has 0 heterocycles. The summed E-state index contributed by atoms with van der Waals surface area (Å²) in [7, 11) is 1.20. The van der Waals surface area contributed by atoms with Gasteiger partial charge < -0.3 is 28.8 Å². The Bertz CT molecular complexity index is 1340. The topological polar surface area (TPSA) is 108 Å². The van der Waals surface area contributed by atoms with Gasteiger partial charge in [0.2, 0.25) is 5.91 Å². The molecule has 0 aliphatic carbocycles. The number of rotatable bonds is 44. The van der Waals surface area contributed by atoms with Crippen LogP contribution in [0.2, 0.25) is 0 Å². The highest BCUT2D eigenvalue weighted by Crippen LogP contribution is 2.38. The number of likely N-dealkylation sites (N-methyl/N-ethyl adjacent to an activating group) is 1. The zero-order valence-corrected chi connectivity index (χ0v) is 41.9. The maximum atomic E-state index is 12.9. The van der Waals surface area contributed by atoms with Crippen LogP contribution in [0.3, 0.4) is 0 Å². The molecule has 9 heteroatoms. The van der Waals surface area contributed by atoms with Crippen molar-refractivity contribution >= 4 is 13.7 Å². The molecule has 0 saturated carbocycles. The molecule has 8 nitrogen and oxygen atoms in total. The number of nitrogens with zero attached hydrogens (tertiary/aromatic N) is 1. The fourth-order valence-electron chi connectivity index (χ4n) is 6.56. The lowest BCUT2D eigenvalue weighted by Crippen LogP contribution is -2.45. The Morgan fingerprint density at radius 1 is 0.571 bits per heavy atom. The van der Waals surface area contributed by atoms with Gasteiger partial charge in [-0.1, -0.05) is 188 Å². The first-order valence-corrected chi connectivity index (χ1v) is 26.6. The minimum atomic E-state index is -4.62. The minimum absolute atomic E-state index is 0.0212. The first-order valence-electron chi connectivity index (χ1n) is 25.1. The van der Waals surface area contributed by atoms with E-state index in [4.69, 9.17) is 9.05 Å². The molecular formula is C54H95N2O6P. The van der Waals surface area contributed by atoms with Crippen molar-refractivity contribution in [2.45, 2.75) is 199 Å². The number of nitrogens with one attached hydrogen (secondary N) is 1. The Kier molecular flexibility index (Phi) is 42.8. The van der Waals surface area contributed by atoms with E-state index in [9.17, 15) is 19.4 Å². The minimum Gasteiger partial charge on any atom is -0.756 e. The van der Waals surface area contributed by atoms with Gasteiger partial charge in [-0.05, 0) is 89.9 Å². The van der Waals surface area contributed by atoms with Gasteiger partial charge in [0.05, 0.1) is 39.9 Å². The number of phosphoric ester groups is 1. The van der Waals surface area contributed by atoms with E-state index < -0.39 is 26.6 Å². The van der Waals surface area contributed by atoms with Crippen LogP contribution in [0.5, 0.6) is 0 Å². The van der Waals surface area contributed by atoms with Crippen LogP contribution < -0.4 is 10.2 Å². The lowest BCUT2D eigenvalue weighted by Gasteiger charge is -2.29. The molecule has 3 unspecified atom stereocenters. The third-order valence-electron chi connectivity index (χ3n) is 10.5. The van der Waals surface area contributed by atoms with Gasteiger partial charge in [0.1, 0.15) is 13.2 Å². The highest BCUT2D eigenvalue weighted by Gasteiger charge is 2.23. The lowest BCUT2D eigenvalue weighted by molar-refractivity contribution is -0.870. The zero-order valence-electron chi connectivity index (χ0n) is 41.0. The van der Waals surface area contributed by atoms with Crippen LogP contribution in [0, 0.1) is 0 Å². The largest absolute Gasteiger partial charge is 0.756 e. The number of phosphoric acid groups is 1. The Balaban J connectivity index is 4.50. The normalized spacial score (nSPS) is 15.0. The van der Waals surface area contributed by atoms with E-state index in [-0.39, 0.29) is 18.9 Å². The number of quaternary nitrogens is 1. The number of hydrogen-bond donors (Lipinski definition) is 2. The Morgan fingerprint density at radius 2 is 0.984 bits per heavy atom. The van der Waals surface area contributed by atoms with Crippen molar-refractivity contribution < 1.29 is 32.9 Å². The Labute approximate surface area is 388 Å². The van der Waals surface area contributed by atoms with E-state index in [2.05, 4.69) is 104 Å². The van der Waals surface area contributed by atoms with Crippen molar-refractivity contribution in [1.82, 2.24) is 5.32 Å². The second-order valence-electron chi connectivity index (χ2n) is 17.8. The van der Waals surface area contributed by atoms with Crippen molar-refractivity contribution in [3.05, 3.63) is 97.2 Å². The summed E-state index contributed by atoms with van der Waals surface area (Å²) in [6, 6.07) is -0.934. The summed E-state index contributed by atoms with van der Waals surface area (Å²) in [5.74, 6) is -0.247. The van der Waals surface area contributed by atoms with Crippen LogP contribution in [-0.4, -0.2) is 68.5 Å². The van der Waals surface area contributed by atoms with Gasteiger partial charge in [0.25, 0.3) is 7.82 Å². The van der Waals surface area contributed by atoms with Gasteiger partial charge in [0.15, 0.2) is 0 Å². The summed E-state index contributed by atoms with van der Waals surface area (Å²) in [5, 5.41) is 13.8. The average Bonchev–Trinajstić information content (AvgIpc) is 3.24. The second-order valence-corrected chi connectivity index (χ2v) is 19.2. The molecule has 0 rings (SSSR count). The number of aliphatic hydroxyl groups is 1. The molecule has 1 amide bonds.